The lowest BCUT2D eigenvalue weighted by atomic mass is 10.0. The van der Waals surface area contributed by atoms with Gasteiger partial charge in [0, 0.05) is 35.4 Å². The molecule has 5 rings (SSSR count). The number of benzene rings is 2. The molecule has 5 nitrogen and oxygen atoms in total. The summed E-state index contributed by atoms with van der Waals surface area (Å²) in [5.41, 5.74) is 5.64. The van der Waals surface area contributed by atoms with E-state index >= 15 is 0 Å². The lowest BCUT2D eigenvalue weighted by molar-refractivity contribution is 0.0303. The van der Waals surface area contributed by atoms with Crippen LogP contribution in [0.1, 0.15) is 10.4 Å². The van der Waals surface area contributed by atoms with Crippen LogP contribution in [-0.2, 0) is 4.74 Å². The Labute approximate surface area is 179 Å². The van der Waals surface area contributed by atoms with Crippen LogP contribution >= 0.6 is 11.6 Å². The van der Waals surface area contributed by atoms with Gasteiger partial charge in [-0.05, 0) is 53.6 Å². The molecule has 4 aromatic rings. The van der Waals surface area contributed by atoms with Crippen LogP contribution in [0.15, 0.2) is 72.9 Å². The molecule has 1 amide bonds. The van der Waals surface area contributed by atoms with E-state index in [0.717, 1.165) is 27.9 Å². The number of nitrogens with zero attached hydrogens (tertiary/aromatic N) is 3. The maximum Gasteiger partial charge on any atom is 0.254 e. The molecule has 30 heavy (non-hydrogen) atoms. The van der Waals surface area contributed by atoms with Crippen molar-refractivity contribution < 1.29 is 9.53 Å². The summed E-state index contributed by atoms with van der Waals surface area (Å²) >= 11 is 5.99. The van der Waals surface area contributed by atoms with E-state index in [-0.39, 0.29) is 5.91 Å². The molecule has 0 bridgehead atoms. The minimum atomic E-state index is 0.0515. The molecule has 1 fully saturated rings. The molecule has 1 saturated heterocycles. The van der Waals surface area contributed by atoms with E-state index in [4.69, 9.17) is 16.3 Å². The van der Waals surface area contributed by atoms with Gasteiger partial charge in [0.15, 0.2) is 0 Å². The summed E-state index contributed by atoms with van der Waals surface area (Å²) in [4.78, 5) is 14.7. The van der Waals surface area contributed by atoms with Crippen molar-refractivity contribution in [2.24, 2.45) is 0 Å². The highest BCUT2D eigenvalue weighted by Crippen LogP contribution is 2.26. The number of carbonyl (C=O) groups excluding carboxylic acids is 1. The van der Waals surface area contributed by atoms with Crippen molar-refractivity contribution in [2.45, 2.75) is 0 Å². The maximum atomic E-state index is 12.8. The number of hydrogen-bond donors (Lipinski definition) is 0. The van der Waals surface area contributed by atoms with Crippen LogP contribution in [0.3, 0.4) is 0 Å². The van der Waals surface area contributed by atoms with Gasteiger partial charge in [0.2, 0.25) is 0 Å². The average Bonchev–Trinajstić information content (AvgIpc) is 3.23. The third-order valence-corrected chi connectivity index (χ3v) is 5.60. The lowest BCUT2D eigenvalue weighted by Crippen LogP contribution is -2.40. The number of rotatable bonds is 3. The van der Waals surface area contributed by atoms with Crippen LogP contribution in [0, 0.1) is 0 Å². The molecule has 1 aliphatic heterocycles. The molecule has 0 radical (unpaired) electrons. The predicted molar refractivity (Wildman–Crippen MR) is 118 cm³/mol. The van der Waals surface area contributed by atoms with Gasteiger partial charge in [0.1, 0.15) is 0 Å². The summed E-state index contributed by atoms with van der Waals surface area (Å²) in [5, 5.41) is 5.36. The van der Waals surface area contributed by atoms with Gasteiger partial charge >= 0.3 is 0 Å². The molecular weight excluding hydrogens is 398 g/mol. The quantitative estimate of drug-likeness (QED) is 0.481. The fourth-order valence-electron chi connectivity index (χ4n) is 3.72. The van der Waals surface area contributed by atoms with E-state index in [1.54, 1.807) is 0 Å². The van der Waals surface area contributed by atoms with Crippen molar-refractivity contribution in [3.63, 3.8) is 0 Å². The molecule has 3 heterocycles. The average molecular weight is 418 g/mol. The smallest absolute Gasteiger partial charge is 0.254 e. The highest BCUT2D eigenvalue weighted by molar-refractivity contribution is 6.30. The summed E-state index contributed by atoms with van der Waals surface area (Å²) in [7, 11) is 0. The SMILES string of the molecule is O=C(c1cccc(-c2ccn3nc(-c4ccc(Cl)cc4)cc3c2)c1)N1CCOCC1. The first-order valence-corrected chi connectivity index (χ1v) is 10.3. The fourth-order valence-corrected chi connectivity index (χ4v) is 3.84. The summed E-state index contributed by atoms with van der Waals surface area (Å²) < 4.78 is 7.21. The number of hydrogen-bond acceptors (Lipinski definition) is 3. The van der Waals surface area contributed by atoms with Crippen LogP contribution in [0.2, 0.25) is 5.02 Å². The van der Waals surface area contributed by atoms with Crippen molar-refractivity contribution in [1.82, 2.24) is 14.5 Å². The Morgan fingerprint density at radius 1 is 0.900 bits per heavy atom. The molecule has 2 aromatic heterocycles. The topological polar surface area (TPSA) is 46.8 Å². The van der Waals surface area contributed by atoms with Crippen molar-refractivity contribution in [2.75, 3.05) is 26.3 Å². The van der Waals surface area contributed by atoms with Crippen LogP contribution in [0.25, 0.3) is 27.9 Å². The maximum absolute atomic E-state index is 12.8. The predicted octanol–water partition coefficient (Wildman–Crippen LogP) is 4.79. The highest BCUT2D eigenvalue weighted by atomic mass is 35.5. The third kappa shape index (κ3) is 3.70. The minimum absolute atomic E-state index is 0.0515. The number of fused-ring (bicyclic) bond motifs is 1. The molecular formula is C24H20ClN3O2. The Morgan fingerprint density at radius 2 is 1.67 bits per heavy atom. The summed E-state index contributed by atoms with van der Waals surface area (Å²) in [6.07, 6.45) is 1.94. The van der Waals surface area contributed by atoms with E-state index in [2.05, 4.69) is 17.2 Å². The second-order valence-electron chi connectivity index (χ2n) is 7.31. The Bertz CT molecular complexity index is 1210. The van der Waals surface area contributed by atoms with E-state index in [0.29, 0.717) is 36.9 Å². The van der Waals surface area contributed by atoms with E-state index in [9.17, 15) is 4.79 Å². The van der Waals surface area contributed by atoms with Gasteiger partial charge in [-0.1, -0.05) is 35.9 Å². The first-order valence-electron chi connectivity index (χ1n) is 9.90. The Balaban J connectivity index is 1.46. The molecule has 0 saturated carbocycles. The summed E-state index contributed by atoms with van der Waals surface area (Å²) in [6, 6.07) is 21.6. The largest absolute Gasteiger partial charge is 0.378 e. The number of ether oxygens (including phenoxy) is 1. The number of morpholine rings is 1. The van der Waals surface area contributed by atoms with Crippen molar-refractivity contribution in [3.8, 4) is 22.4 Å². The van der Waals surface area contributed by atoms with Gasteiger partial charge in [0.05, 0.1) is 24.4 Å². The Hall–Kier alpha value is -3.15. The Morgan fingerprint density at radius 3 is 2.47 bits per heavy atom. The molecule has 2 aromatic carbocycles. The second-order valence-corrected chi connectivity index (χ2v) is 7.74. The second kappa shape index (κ2) is 7.94. The molecule has 0 N–H and O–H groups in total. The van der Waals surface area contributed by atoms with Crippen LogP contribution in [0.5, 0.6) is 0 Å². The van der Waals surface area contributed by atoms with Gasteiger partial charge in [-0.25, -0.2) is 4.52 Å². The Kier molecular flexibility index (Phi) is 4.99. The standard InChI is InChI=1S/C24H20ClN3O2/c25-21-6-4-17(5-7-21)23-16-22-15-19(8-9-28(22)26-23)18-2-1-3-20(14-18)24(29)27-10-12-30-13-11-27/h1-9,14-16H,10-13H2. The van der Waals surface area contributed by atoms with E-state index in [1.165, 1.54) is 0 Å². The molecule has 150 valence electrons. The van der Waals surface area contributed by atoms with Gasteiger partial charge in [-0.2, -0.15) is 5.10 Å². The van der Waals surface area contributed by atoms with E-state index < -0.39 is 0 Å². The summed E-state index contributed by atoms with van der Waals surface area (Å²) in [5.74, 6) is 0.0515. The fraction of sp³-hybridized carbons (Fsp3) is 0.167. The van der Waals surface area contributed by atoms with Crippen LogP contribution in [-0.4, -0.2) is 46.7 Å². The first kappa shape index (κ1) is 18.9. The first-order chi connectivity index (χ1) is 14.7. The van der Waals surface area contributed by atoms with Crippen LogP contribution < -0.4 is 0 Å². The van der Waals surface area contributed by atoms with Crippen LogP contribution in [0.4, 0.5) is 0 Å². The number of carbonyl (C=O) groups is 1. The summed E-state index contributed by atoms with van der Waals surface area (Å²) in [6.45, 7) is 2.47. The lowest BCUT2D eigenvalue weighted by Gasteiger charge is -2.27. The van der Waals surface area contributed by atoms with Gasteiger partial charge in [0.25, 0.3) is 5.91 Å². The molecule has 0 unspecified atom stereocenters. The normalized spacial score (nSPS) is 14.2. The number of amides is 1. The molecule has 1 aliphatic rings. The zero-order chi connectivity index (χ0) is 20.5. The minimum Gasteiger partial charge on any atom is -0.378 e. The van der Waals surface area contributed by atoms with Crippen molar-refractivity contribution in [3.05, 3.63) is 83.5 Å². The van der Waals surface area contributed by atoms with Crippen molar-refractivity contribution in [1.29, 1.82) is 0 Å². The molecule has 0 atom stereocenters. The van der Waals surface area contributed by atoms with E-state index in [1.807, 2.05) is 70.2 Å². The molecule has 0 spiro atoms. The van der Waals surface area contributed by atoms with Gasteiger partial charge in [-0.15, -0.1) is 0 Å². The zero-order valence-electron chi connectivity index (χ0n) is 16.3. The number of aromatic nitrogens is 2. The highest BCUT2D eigenvalue weighted by Gasteiger charge is 2.18. The number of halogens is 1. The number of pyridine rings is 1. The monoisotopic (exact) mass is 417 g/mol. The van der Waals surface area contributed by atoms with Gasteiger partial charge in [-0.3, -0.25) is 4.79 Å². The molecule has 0 aliphatic carbocycles. The zero-order valence-corrected chi connectivity index (χ0v) is 17.0. The van der Waals surface area contributed by atoms with Crippen molar-refractivity contribution >= 4 is 23.0 Å². The van der Waals surface area contributed by atoms with Gasteiger partial charge < -0.3 is 9.64 Å². The molecule has 6 heteroatoms. The third-order valence-electron chi connectivity index (χ3n) is 5.34.